The molecule has 66 valence electrons. The summed E-state index contributed by atoms with van der Waals surface area (Å²) in [5, 5.41) is 0. The summed E-state index contributed by atoms with van der Waals surface area (Å²) < 4.78 is 24.6. The van der Waals surface area contributed by atoms with Crippen molar-refractivity contribution in [2.75, 3.05) is 6.54 Å². The van der Waals surface area contributed by atoms with Gasteiger partial charge in [-0.1, -0.05) is 6.92 Å². The standard InChI is InChI=1S/C8H15F2N/c1-6(5-11)2-7-3-8(9,10)4-7/h6-7H,2-5,11H2,1H3/t6-/m0/s1. The van der Waals surface area contributed by atoms with Crippen LogP contribution < -0.4 is 5.73 Å². The number of nitrogens with two attached hydrogens (primary N) is 1. The molecule has 1 rings (SSSR count). The van der Waals surface area contributed by atoms with Gasteiger partial charge in [0.15, 0.2) is 0 Å². The molecule has 0 aromatic heterocycles. The zero-order chi connectivity index (χ0) is 8.48. The third kappa shape index (κ3) is 2.40. The second-order valence-electron chi connectivity index (χ2n) is 3.71. The van der Waals surface area contributed by atoms with Crippen LogP contribution in [0.1, 0.15) is 26.2 Å². The Morgan fingerprint density at radius 2 is 2.09 bits per heavy atom. The van der Waals surface area contributed by atoms with Crippen LogP contribution in [0.25, 0.3) is 0 Å². The molecule has 1 nitrogen and oxygen atoms in total. The highest BCUT2D eigenvalue weighted by Gasteiger charge is 2.44. The summed E-state index contributed by atoms with van der Waals surface area (Å²) in [4.78, 5) is 0. The average molecular weight is 163 g/mol. The molecule has 0 spiro atoms. The van der Waals surface area contributed by atoms with E-state index in [1.54, 1.807) is 0 Å². The summed E-state index contributed by atoms with van der Waals surface area (Å²) in [6.07, 6.45) is 1.03. The summed E-state index contributed by atoms with van der Waals surface area (Å²) in [5.74, 6) is -1.74. The maximum atomic E-state index is 12.3. The van der Waals surface area contributed by atoms with Crippen molar-refractivity contribution in [1.29, 1.82) is 0 Å². The number of hydrogen-bond acceptors (Lipinski definition) is 1. The SMILES string of the molecule is C[C@H](CN)CC1CC(F)(F)C1. The van der Waals surface area contributed by atoms with Crippen molar-refractivity contribution >= 4 is 0 Å². The minimum Gasteiger partial charge on any atom is -0.330 e. The lowest BCUT2D eigenvalue weighted by atomic mass is 9.76. The zero-order valence-corrected chi connectivity index (χ0v) is 6.82. The minimum atomic E-state index is -2.36. The highest BCUT2D eigenvalue weighted by molar-refractivity contribution is 4.86. The lowest BCUT2D eigenvalue weighted by molar-refractivity contribution is -0.114. The topological polar surface area (TPSA) is 26.0 Å². The van der Waals surface area contributed by atoms with E-state index in [0.29, 0.717) is 12.5 Å². The van der Waals surface area contributed by atoms with Crippen molar-refractivity contribution in [3.63, 3.8) is 0 Å². The lowest BCUT2D eigenvalue weighted by Crippen LogP contribution is -2.36. The van der Waals surface area contributed by atoms with Gasteiger partial charge in [-0.2, -0.15) is 0 Å². The number of hydrogen-bond donors (Lipinski definition) is 1. The van der Waals surface area contributed by atoms with E-state index in [0.717, 1.165) is 6.42 Å². The Balaban J connectivity index is 2.13. The summed E-state index contributed by atoms with van der Waals surface area (Å²) in [6, 6.07) is 0. The van der Waals surface area contributed by atoms with Gasteiger partial charge in [0.2, 0.25) is 5.92 Å². The molecule has 0 saturated heterocycles. The van der Waals surface area contributed by atoms with Gasteiger partial charge in [0.1, 0.15) is 0 Å². The van der Waals surface area contributed by atoms with Gasteiger partial charge in [-0.25, -0.2) is 8.78 Å². The maximum absolute atomic E-state index is 12.3. The molecular formula is C8H15F2N. The Kier molecular flexibility index (Phi) is 2.47. The summed E-state index contributed by atoms with van der Waals surface area (Å²) in [6.45, 7) is 2.62. The van der Waals surface area contributed by atoms with E-state index < -0.39 is 5.92 Å². The van der Waals surface area contributed by atoms with Crippen LogP contribution in [-0.2, 0) is 0 Å². The van der Waals surface area contributed by atoms with Crippen LogP contribution in [-0.4, -0.2) is 12.5 Å². The quantitative estimate of drug-likeness (QED) is 0.676. The predicted molar refractivity (Wildman–Crippen MR) is 40.5 cm³/mol. The first-order chi connectivity index (χ1) is 5.03. The van der Waals surface area contributed by atoms with E-state index in [4.69, 9.17) is 5.73 Å². The van der Waals surface area contributed by atoms with Crippen LogP contribution >= 0.6 is 0 Å². The fourth-order valence-electron chi connectivity index (χ4n) is 1.62. The van der Waals surface area contributed by atoms with Crippen molar-refractivity contribution in [2.24, 2.45) is 17.6 Å². The molecule has 0 heterocycles. The highest BCUT2D eigenvalue weighted by Crippen LogP contribution is 2.44. The molecule has 0 amide bonds. The van der Waals surface area contributed by atoms with Crippen LogP contribution in [0.2, 0.25) is 0 Å². The number of alkyl halides is 2. The van der Waals surface area contributed by atoms with E-state index in [-0.39, 0.29) is 18.8 Å². The Bertz CT molecular complexity index is 128. The minimum absolute atomic E-state index is 0.0807. The van der Waals surface area contributed by atoms with Gasteiger partial charge in [0.05, 0.1) is 0 Å². The Morgan fingerprint density at radius 3 is 2.45 bits per heavy atom. The molecule has 1 aliphatic rings. The van der Waals surface area contributed by atoms with Gasteiger partial charge >= 0.3 is 0 Å². The summed E-state index contributed by atoms with van der Waals surface area (Å²) in [7, 11) is 0. The Labute approximate surface area is 66.0 Å². The molecule has 1 aliphatic carbocycles. The average Bonchev–Trinajstić information content (AvgIpc) is 1.83. The predicted octanol–water partition coefficient (Wildman–Crippen LogP) is 2.02. The van der Waals surface area contributed by atoms with Crippen molar-refractivity contribution in [3.8, 4) is 0 Å². The molecule has 0 bridgehead atoms. The fourth-order valence-corrected chi connectivity index (χ4v) is 1.62. The number of halogens is 2. The van der Waals surface area contributed by atoms with Crippen molar-refractivity contribution in [1.82, 2.24) is 0 Å². The first-order valence-corrected chi connectivity index (χ1v) is 4.11. The van der Waals surface area contributed by atoms with Crippen LogP contribution in [0.15, 0.2) is 0 Å². The Morgan fingerprint density at radius 1 is 1.55 bits per heavy atom. The molecule has 0 aliphatic heterocycles. The lowest BCUT2D eigenvalue weighted by Gasteiger charge is -2.36. The second-order valence-corrected chi connectivity index (χ2v) is 3.71. The third-order valence-electron chi connectivity index (χ3n) is 2.31. The van der Waals surface area contributed by atoms with Gasteiger partial charge < -0.3 is 5.73 Å². The van der Waals surface area contributed by atoms with E-state index >= 15 is 0 Å². The molecule has 0 aromatic rings. The van der Waals surface area contributed by atoms with Gasteiger partial charge in [0, 0.05) is 12.8 Å². The molecule has 0 radical (unpaired) electrons. The largest absolute Gasteiger partial charge is 0.330 e. The highest BCUT2D eigenvalue weighted by atomic mass is 19.3. The molecule has 1 fully saturated rings. The third-order valence-corrected chi connectivity index (χ3v) is 2.31. The van der Waals surface area contributed by atoms with Crippen LogP contribution in [0.4, 0.5) is 8.78 Å². The molecule has 1 atom stereocenters. The summed E-state index contributed by atoms with van der Waals surface area (Å²) >= 11 is 0. The molecule has 3 heteroatoms. The monoisotopic (exact) mass is 163 g/mol. The molecular weight excluding hydrogens is 148 g/mol. The van der Waals surface area contributed by atoms with Gasteiger partial charge in [-0.3, -0.25) is 0 Å². The molecule has 1 saturated carbocycles. The fraction of sp³-hybridized carbons (Fsp3) is 1.00. The zero-order valence-electron chi connectivity index (χ0n) is 6.82. The van der Waals surface area contributed by atoms with E-state index in [1.807, 2.05) is 6.92 Å². The van der Waals surface area contributed by atoms with Crippen LogP contribution in [0.5, 0.6) is 0 Å². The molecule has 11 heavy (non-hydrogen) atoms. The first kappa shape index (κ1) is 8.91. The normalized spacial score (nSPS) is 26.2. The molecule has 0 unspecified atom stereocenters. The first-order valence-electron chi connectivity index (χ1n) is 4.11. The smallest absolute Gasteiger partial charge is 0.248 e. The number of rotatable bonds is 3. The second kappa shape index (κ2) is 3.05. The van der Waals surface area contributed by atoms with Crippen LogP contribution in [0, 0.1) is 11.8 Å². The van der Waals surface area contributed by atoms with Gasteiger partial charge in [0.25, 0.3) is 0 Å². The molecule has 2 N–H and O–H groups in total. The van der Waals surface area contributed by atoms with Gasteiger partial charge in [-0.15, -0.1) is 0 Å². The molecule has 0 aromatic carbocycles. The van der Waals surface area contributed by atoms with Crippen molar-refractivity contribution < 1.29 is 8.78 Å². The van der Waals surface area contributed by atoms with Crippen LogP contribution in [0.3, 0.4) is 0 Å². The van der Waals surface area contributed by atoms with E-state index in [9.17, 15) is 8.78 Å². The van der Waals surface area contributed by atoms with Crippen molar-refractivity contribution in [2.45, 2.75) is 32.1 Å². The maximum Gasteiger partial charge on any atom is 0.248 e. The van der Waals surface area contributed by atoms with E-state index in [1.165, 1.54) is 0 Å². The summed E-state index contributed by atoms with van der Waals surface area (Å²) in [5.41, 5.74) is 5.38. The van der Waals surface area contributed by atoms with E-state index in [2.05, 4.69) is 0 Å². The van der Waals surface area contributed by atoms with Crippen molar-refractivity contribution in [3.05, 3.63) is 0 Å². The Hall–Kier alpha value is -0.180. The van der Waals surface area contributed by atoms with Gasteiger partial charge in [-0.05, 0) is 24.8 Å².